The number of para-hydroxylation sites is 1. The summed E-state index contributed by atoms with van der Waals surface area (Å²) < 4.78 is 10.5. The Morgan fingerprint density at radius 3 is 2.58 bits per heavy atom. The number of hydrogen-bond donors (Lipinski definition) is 0. The number of rotatable bonds is 6. The first-order valence-corrected chi connectivity index (χ1v) is 10.2. The van der Waals surface area contributed by atoms with E-state index in [2.05, 4.69) is 10.3 Å². The van der Waals surface area contributed by atoms with Crippen LogP contribution in [0.15, 0.2) is 57.8 Å². The van der Waals surface area contributed by atoms with Crippen molar-refractivity contribution >= 4 is 45.4 Å². The van der Waals surface area contributed by atoms with Crippen LogP contribution in [0.2, 0.25) is 5.02 Å². The van der Waals surface area contributed by atoms with Crippen LogP contribution >= 0.6 is 11.6 Å². The molecule has 0 aliphatic carbocycles. The van der Waals surface area contributed by atoms with Crippen molar-refractivity contribution in [2.24, 2.45) is 0 Å². The van der Waals surface area contributed by atoms with Gasteiger partial charge in [-0.15, -0.1) is 0 Å². The van der Waals surface area contributed by atoms with Crippen LogP contribution in [0.4, 0.5) is 22.7 Å². The molecule has 2 aromatic carbocycles. The molecule has 3 heterocycles. The van der Waals surface area contributed by atoms with Gasteiger partial charge < -0.3 is 14.2 Å². The average molecular weight is 440 g/mol. The average Bonchev–Trinajstić information content (AvgIpc) is 3.54. The van der Waals surface area contributed by atoms with Gasteiger partial charge in [-0.3, -0.25) is 10.1 Å². The van der Waals surface area contributed by atoms with E-state index in [-0.39, 0.29) is 11.2 Å². The van der Waals surface area contributed by atoms with Crippen molar-refractivity contribution in [2.45, 2.75) is 19.4 Å². The maximum Gasteiger partial charge on any atom is 0.323 e. The van der Waals surface area contributed by atoms with Crippen LogP contribution in [-0.2, 0) is 6.54 Å². The van der Waals surface area contributed by atoms with Gasteiger partial charge in [0.25, 0.3) is 0 Å². The minimum absolute atomic E-state index is 0.0981. The van der Waals surface area contributed by atoms with Crippen molar-refractivity contribution in [3.05, 3.63) is 69.6 Å². The summed E-state index contributed by atoms with van der Waals surface area (Å²) >= 11 is 6.53. The maximum absolute atomic E-state index is 12.0. The van der Waals surface area contributed by atoms with Crippen LogP contribution in [-0.4, -0.2) is 28.3 Å². The molecule has 0 amide bonds. The molecule has 158 valence electrons. The van der Waals surface area contributed by atoms with E-state index in [0.29, 0.717) is 39.9 Å². The molecular formula is C21H18ClN5O4. The first-order chi connectivity index (χ1) is 15.1. The third kappa shape index (κ3) is 3.46. The first kappa shape index (κ1) is 19.4. The van der Waals surface area contributed by atoms with E-state index < -0.39 is 4.92 Å². The molecule has 4 aromatic rings. The van der Waals surface area contributed by atoms with Gasteiger partial charge in [0.05, 0.1) is 34.1 Å². The second-order valence-corrected chi connectivity index (χ2v) is 7.70. The topological polar surface area (TPSA) is 102 Å². The summed E-state index contributed by atoms with van der Waals surface area (Å²) in [5, 5.41) is 20.4. The number of halogens is 1. The monoisotopic (exact) mass is 439 g/mol. The van der Waals surface area contributed by atoms with E-state index >= 15 is 0 Å². The molecule has 0 unspecified atom stereocenters. The second kappa shape index (κ2) is 7.92. The van der Waals surface area contributed by atoms with Gasteiger partial charge in [-0.2, -0.15) is 0 Å². The van der Waals surface area contributed by atoms with Gasteiger partial charge in [0.15, 0.2) is 5.52 Å². The van der Waals surface area contributed by atoms with Crippen LogP contribution in [0.3, 0.4) is 0 Å². The summed E-state index contributed by atoms with van der Waals surface area (Å²) in [6.45, 7) is 1.82. The summed E-state index contributed by atoms with van der Waals surface area (Å²) in [5.41, 5.74) is 2.12. The highest BCUT2D eigenvalue weighted by molar-refractivity contribution is 6.33. The fraction of sp³-hybridized carbons (Fsp3) is 0.238. The third-order valence-electron chi connectivity index (χ3n) is 5.43. The molecule has 5 rings (SSSR count). The predicted molar refractivity (Wildman–Crippen MR) is 116 cm³/mol. The number of aromatic nitrogens is 2. The zero-order valence-corrected chi connectivity index (χ0v) is 17.2. The lowest BCUT2D eigenvalue weighted by molar-refractivity contribution is -0.382. The number of nitrogens with zero attached hydrogens (tertiary/aromatic N) is 5. The predicted octanol–water partition coefficient (Wildman–Crippen LogP) is 5.32. The lowest BCUT2D eigenvalue weighted by Crippen LogP contribution is -2.21. The Bertz CT molecular complexity index is 1230. The number of furan rings is 1. The van der Waals surface area contributed by atoms with Gasteiger partial charge in [0, 0.05) is 13.1 Å². The van der Waals surface area contributed by atoms with Crippen molar-refractivity contribution in [3.63, 3.8) is 0 Å². The number of benzene rings is 2. The minimum Gasteiger partial charge on any atom is -0.467 e. The minimum atomic E-state index is -0.420. The fourth-order valence-corrected chi connectivity index (χ4v) is 4.25. The second-order valence-electron chi connectivity index (χ2n) is 7.29. The van der Waals surface area contributed by atoms with E-state index in [4.69, 9.17) is 20.6 Å². The zero-order valence-electron chi connectivity index (χ0n) is 16.4. The van der Waals surface area contributed by atoms with Gasteiger partial charge in [-0.05, 0) is 53.5 Å². The Kier molecular flexibility index (Phi) is 4.95. The zero-order chi connectivity index (χ0) is 21.4. The number of anilines is 3. The number of nitro benzene ring substituents is 1. The lowest BCUT2D eigenvalue weighted by atomic mass is 10.1. The smallest absolute Gasteiger partial charge is 0.323 e. The molecular weight excluding hydrogens is 422 g/mol. The first-order valence-electron chi connectivity index (χ1n) is 9.86. The molecule has 0 N–H and O–H groups in total. The summed E-state index contributed by atoms with van der Waals surface area (Å²) in [7, 11) is 0. The molecule has 0 radical (unpaired) electrons. The molecule has 2 aromatic heterocycles. The van der Waals surface area contributed by atoms with Gasteiger partial charge in [0.1, 0.15) is 11.4 Å². The number of nitro groups is 1. The molecule has 0 saturated carbocycles. The summed E-state index contributed by atoms with van der Waals surface area (Å²) in [4.78, 5) is 15.5. The molecule has 0 spiro atoms. The quantitative estimate of drug-likeness (QED) is 0.294. The van der Waals surface area contributed by atoms with E-state index in [9.17, 15) is 10.1 Å². The normalized spacial score (nSPS) is 13.8. The van der Waals surface area contributed by atoms with Gasteiger partial charge in [-0.25, -0.2) is 4.63 Å². The van der Waals surface area contributed by atoms with Gasteiger partial charge in [0.2, 0.25) is 5.52 Å². The highest BCUT2D eigenvalue weighted by atomic mass is 35.5. The molecule has 1 aliphatic heterocycles. The molecule has 9 nitrogen and oxygen atoms in total. The van der Waals surface area contributed by atoms with Gasteiger partial charge in [-0.1, -0.05) is 23.7 Å². The Balaban J connectivity index is 1.76. The third-order valence-corrected chi connectivity index (χ3v) is 5.75. The van der Waals surface area contributed by atoms with Crippen LogP contribution in [0.25, 0.3) is 11.0 Å². The van der Waals surface area contributed by atoms with Crippen molar-refractivity contribution < 1.29 is 14.0 Å². The summed E-state index contributed by atoms with van der Waals surface area (Å²) in [6, 6.07) is 12.8. The van der Waals surface area contributed by atoms with E-state index in [0.717, 1.165) is 25.9 Å². The number of hydrogen-bond acceptors (Lipinski definition) is 8. The maximum atomic E-state index is 12.0. The summed E-state index contributed by atoms with van der Waals surface area (Å²) in [5.74, 6) is 0.700. The van der Waals surface area contributed by atoms with Crippen LogP contribution in [0.5, 0.6) is 0 Å². The molecule has 1 fully saturated rings. The largest absolute Gasteiger partial charge is 0.467 e. The van der Waals surface area contributed by atoms with Crippen molar-refractivity contribution in [1.82, 2.24) is 10.3 Å². The molecule has 10 heteroatoms. The molecule has 0 atom stereocenters. The Labute approximate surface area is 181 Å². The molecule has 1 saturated heterocycles. The molecule has 31 heavy (non-hydrogen) atoms. The van der Waals surface area contributed by atoms with Gasteiger partial charge >= 0.3 is 5.69 Å². The SMILES string of the molecule is O=[N+]([O-])c1c(N2CCCC2)cc(N(Cc2ccco2)c2ccccc2Cl)c2nonc12. The van der Waals surface area contributed by atoms with Crippen LogP contribution in [0.1, 0.15) is 18.6 Å². The summed E-state index contributed by atoms with van der Waals surface area (Å²) in [6.07, 6.45) is 3.54. The fourth-order valence-electron chi connectivity index (χ4n) is 4.01. The number of fused-ring (bicyclic) bond motifs is 1. The Morgan fingerprint density at radius 1 is 1.10 bits per heavy atom. The van der Waals surface area contributed by atoms with Crippen LogP contribution < -0.4 is 9.80 Å². The Hall–Kier alpha value is -3.59. The van der Waals surface area contributed by atoms with Crippen molar-refractivity contribution in [1.29, 1.82) is 0 Å². The van der Waals surface area contributed by atoms with E-state index in [1.165, 1.54) is 0 Å². The van der Waals surface area contributed by atoms with Crippen molar-refractivity contribution in [3.8, 4) is 0 Å². The highest BCUT2D eigenvalue weighted by Gasteiger charge is 2.32. The lowest BCUT2D eigenvalue weighted by Gasteiger charge is -2.27. The Morgan fingerprint density at radius 2 is 1.87 bits per heavy atom. The van der Waals surface area contributed by atoms with E-state index in [1.807, 2.05) is 34.1 Å². The standard InChI is InChI=1S/C21H18ClN5O4/c22-15-7-1-2-8-16(15)26(13-14-6-5-11-30-14)17-12-18(25-9-3-4-10-25)21(27(28)29)20-19(17)23-31-24-20/h1-2,5-8,11-12H,3-4,9-10,13H2. The van der Waals surface area contributed by atoms with Crippen molar-refractivity contribution in [2.75, 3.05) is 22.9 Å². The highest BCUT2D eigenvalue weighted by Crippen LogP contribution is 2.44. The van der Waals surface area contributed by atoms with Crippen LogP contribution in [0, 0.1) is 10.1 Å². The van der Waals surface area contributed by atoms with E-state index in [1.54, 1.807) is 24.5 Å². The molecule has 0 bridgehead atoms. The molecule has 1 aliphatic rings.